The number of ether oxygens (including phenoxy) is 1. The molecule has 4 rings (SSSR count). The molecule has 1 heterocycles. The number of anilines is 1. The van der Waals surface area contributed by atoms with Gasteiger partial charge < -0.3 is 24.8 Å². The van der Waals surface area contributed by atoms with Gasteiger partial charge in [-0.05, 0) is 73.0 Å². The highest BCUT2D eigenvalue weighted by Crippen LogP contribution is 2.43. The Bertz CT molecular complexity index is 1880. The first kappa shape index (κ1) is 36.2. The molecule has 0 aliphatic carbocycles. The number of halogens is 2. The van der Waals surface area contributed by atoms with E-state index >= 15 is 0 Å². The molecular weight excluding hydrogens is 642 g/mol. The lowest BCUT2D eigenvalue weighted by molar-refractivity contribution is -0.143. The number of sulfone groups is 1. The quantitative estimate of drug-likeness (QED) is 0.144. The van der Waals surface area contributed by atoms with Crippen LogP contribution < -0.4 is 5.32 Å². The zero-order valence-electron chi connectivity index (χ0n) is 27.0. The number of aliphatic hydroxyl groups is 2. The van der Waals surface area contributed by atoms with Crippen molar-refractivity contribution in [2.45, 2.75) is 50.7 Å². The van der Waals surface area contributed by atoms with Gasteiger partial charge >= 0.3 is 5.97 Å². The number of nitrogens with one attached hydrogen (secondary N) is 1. The van der Waals surface area contributed by atoms with Gasteiger partial charge in [0.2, 0.25) is 0 Å². The Balaban J connectivity index is 1.91. The van der Waals surface area contributed by atoms with E-state index in [9.17, 15) is 37.0 Å². The number of esters is 1. The minimum atomic E-state index is -3.27. The van der Waals surface area contributed by atoms with Crippen LogP contribution >= 0.6 is 0 Å². The van der Waals surface area contributed by atoms with Crippen LogP contribution in [0.3, 0.4) is 0 Å². The molecule has 0 radical (unpaired) electrons. The Morgan fingerprint density at radius 3 is 1.94 bits per heavy atom. The van der Waals surface area contributed by atoms with Crippen LogP contribution in [-0.2, 0) is 25.1 Å². The predicted octanol–water partition coefficient (Wildman–Crippen LogP) is 6.17. The van der Waals surface area contributed by atoms with E-state index in [-0.39, 0.29) is 30.3 Å². The Labute approximate surface area is 278 Å². The lowest BCUT2D eigenvalue weighted by atomic mass is 9.94. The Morgan fingerprint density at radius 2 is 1.44 bits per heavy atom. The molecule has 2 atom stereocenters. The molecule has 0 saturated carbocycles. The maximum absolute atomic E-state index is 14.3. The molecular formula is C36H38F2N2O7S. The minimum Gasteiger partial charge on any atom is -0.469 e. The van der Waals surface area contributed by atoms with E-state index in [0.29, 0.717) is 39.2 Å². The van der Waals surface area contributed by atoms with Crippen LogP contribution in [0.2, 0.25) is 0 Å². The van der Waals surface area contributed by atoms with Crippen molar-refractivity contribution in [3.05, 3.63) is 107 Å². The first-order valence-electron chi connectivity index (χ1n) is 15.2. The summed E-state index contributed by atoms with van der Waals surface area (Å²) >= 11 is 0. The van der Waals surface area contributed by atoms with Gasteiger partial charge in [0.05, 0.1) is 31.5 Å². The second-order valence-corrected chi connectivity index (χ2v) is 13.9. The van der Waals surface area contributed by atoms with E-state index in [1.807, 2.05) is 13.8 Å². The lowest BCUT2D eigenvalue weighted by Gasteiger charge is -2.17. The van der Waals surface area contributed by atoms with E-state index in [1.165, 1.54) is 49.6 Å². The van der Waals surface area contributed by atoms with Crippen LogP contribution in [0.25, 0.3) is 28.3 Å². The third-order valence-electron chi connectivity index (χ3n) is 7.50. The van der Waals surface area contributed by atoms with Crippen molar-refractivity contribution in [1.29, 1.82) is 0 Å². The molecule has 0 saturated heterocycles. The summed E-state index contributed by atoms with van der Waals surface area (Å²) in [6.07, 6.45) is 1.31. The topological polar surface area (TPSA) is 135 Å². The molecule has 3 aromatic carbocycles. The van der Waals surface area contributed by atoms with Gasteiger partial charge in [-0.15, -0.1) is 0 Å². The number of rotatable bonds is 13. The number of benzene rings is 3. The number of hydrogen-bond acceptors (Lipinski definition) is 7. The summed E-state index contributed by atoms with van der Waals surface area (Å²) in [5, 5.41) is 24.0. The standard InChI is InChI=1S/C36H38F2N2O7S/c1-22(2)40-31(18-17-29(41)19-30(42)20-32(43)47-3)33(24-7-11-26(37)12-8-24)34(25-9-13-27(38)14-10-25)35(40)36(44)39-28-15-5-23(6-16-28)21-48(4,45)46/h5-18,22,29-30,41-42H,19-21H2,1-4H3,(H,39,44)/b18-17+/t29-,30+/m0/s1. The van der Waals surface area contributed by atoms with Gasteiger partial charge in [0.15, 0.2) is 9.84 Å². The molecule has 0 spiro atoms. The zero-order chi connectivity index (χ0) is 35.2. The normalized spacial score (nSPS) is 13.1. The molecule has 9 nitrogen and oxygen atoms in total. The van der Waals surface area contributed by atoms with Crippen LogP contribution in [0.5, 0.6) is 0 Å². The maximum atomic E-state index is 14.3. The van der Waals surface area contributed by atoms with Gasteiger partial charge in [0, 0.05) is 41.2 Å². The van der Waals surface area contributed by atoms with Crippen LogP contribution in [0, 0.1) is 11.6 Å². The van der Waals surface area contributed by atoms with Crippen LogP contribution in [0.4, 0.5) is 14.5 Å². The highest BCUT2D eigenvalue weighted by molar-refractivity contribution is 7.89. The number of carbonyl (C=O) groups is 2. The highest BCUT2D eigenvalue weighted by Gasteiger charge is 2.30. The fourth-order valence-electron chi connectivity index (χ4n) is 5.43. The highest BCUT2D eigenvalue weighted by atomic mass is 32.2. The summed E-state index contributed by atoms with van der Waals surface area (Å²) in [7, 11) is -2.07. The van der Waals surface area contributed by atoms with Crippen molar-refractivity contribution < 1.29 is 41.7 Å². The first-order chi connectivity index (χ1) is 22.7. The molecule has 0 fully saturated rings. The lowest BCUT2D eigenvalue weighted by Crippen LogP contribution is -2.20. The molecule has 3 N–H and O–H groups in total. The van der Waals surface area contributed by atoms with Crippen LogP contribution in [-0.4, -0.2) is 60.6 Å². The molecule has 0 bridgehead atoms. The molecule has 0 aliphatic heterocycles. The molecule has 12 heteroatoms. The summed E-state index contributed by atoms with van der Waals surface area (Å²) in [5.41, 5.74) is 3.55. The number of amides is 1. The average Bonchev–Trinajstić information content (AvgIpc) is 3.36. The van der Waals surface area contributed by atoms with Crippen molar-refractivity contribution in [3.63, 3.8) is 0 Å². The van der Waals surface area contributed by atoms with E-state index < -0.39 is 45.6 Å². The predicted molar refractivity (Wildman–Crippen MR) is 181 cm³/mol. The van der Waals surface area contributed by atoms with Gasteiger partial charge in [-0.2, -0.15) is 0 Å². The van der Waals surface area contributed by atoms with Gasteiger partial charge in [0.1, 0.15) is 17.3 Å². The van der Waals surface area contributed by atoms with E-state index in [2.05, 4.69) is 10.1 Å². The van der Waals surface area contributed by atoms with Crippen molar-refractivity contribution in [2.75, 3.05) is 18.7 Å². The van der Waals surface area contributed by atoms with Gasteiger partial charge in [-0.1, -0.05) is 42.5 Å². The average molecular weight is 681 g/mol. The number of methoxy groups -OCH3 is 1. The van der Waals surface area contributed by atoms with Crippen LogP contribution in [0.15, 0.2) is 78.9 Å². The summed E-state index contributed by atoms with van der Waals surface area (Å²) in [6, 6.07) is 17.3. The zero-order valence-corrected chi connectivity index (χ0v) is 27.8. The monoisotopic (exact) mass is 680 g/mol. The summed E-state index contributed by atoms with van der Waals surface area (Å²) in [5.74, 6) is -2.28. The number of carbonyl (C=O) groups excluding carboxylic acids is 2. The number of hydrogen-bond donors (Lipinski definition) is 3. The number of aromatic nitrogens is 1. The second-order valence-electron chi connectivity index (χ2n) is 11.8. The second kappa shape index (κ2) is 15.5. The molecule has 48 heavy (non-hydrogen) atoms. The smallest absolute Gasteiger partial charge is 0.308 e. The summed E-state index contributed by atoms with van der Waals surface area (Å²) in [6.45, 7) is 3.71. The molecule has 0 unspecified atom stereocenters. The minimum absolute atomic E-state index is 0.158. The number of aliphatic hydroxyl groups excluding tert-OH is 2. The van der Waals surface area contributed by atoms with Crippen molar-refractivity contribution in [1.82, 2.24) is 4.57 Å². The van der Waals surface area contributed by atoms with E-state index in [0.717, 1.165) is 6.26 Å². The van der Waals surface area contributed by atoms with E-state index in [1.54, 1.807) is 47.0 Å². The molecule has 4 aromatic rings. The first-order valence-corrected chi connectivity index (χ1v) is 17.2. The Hall–Kier alpha value is -4.65. The van der Waals surface area contributed by atoms with Gasteiger partial charge in [-0.25, -0.2) is 17.2 Å². The molecule has 1 amide bonds. The van der Waals surface area contributed by atoms with Crippen molar-refractivity contribution in [3.8, 4) is 22.3 Å². The van der Waals surface area contributed by atoms with Gasteiger partial charge in [-0.3, -0.25) is 9.59 Å². The Morgan fingerprint density at radius 1 is 0.896 bits per heavy atom. The Kier molecular flexibility index (Phi) is 11.7. The SMILES string of the molecule is COC(=O)C[C@H](O)C[C@@H](O)/C=C/c1c(-c2ccc(F)cc2)c(-c2ccc(F)cc2)c(C(=O)Nc2ccc(CS(C)(=O)=O)cc2)n1C(C)C. The van der Waals surface area contributed by atoms with Crippen molar-refractivity contribution >= 4 is 33.5 Å². The van der Waals surface area contributed by atoms with E-state index in [4.69, 9.17) is 0 Å². The van der Waals surface area contributed by atoms with Gasteiger partial charge in [0.25, 0.3) is 5.91 Å². The third kappa shape index (κ3) is 9.24. The maximum Gasteiger partial charge on any atom is 0.308 e. The fourth-order valence-corrected chi connectivity index (χ4v) is 6.23. The van der Waals surface area contributed by atoms with Crippen molar-refractivity contribution in [2.24, 2.45) is 0 Å². The van der Waals surface area contributed by atoms with Crippen LogP contribution in [0.1, 0.15) is 54.5 Å². The molecule has 0 aliphatic rings. The third-order valence-corrected chi connectivity index (χ3v) is 8.36. The summed E-state index contributed by atoms with van der Waals surface area (Å²) < 4.78 is 58.1. The summed E-state index contributed by atoms with van der Waals surface area (Å²) in [4.78, 5) is 25.9. The molecule has 1 aromatic heterocycles. The molecule has 254 valence electrons. The fraction of sp³-hybridized carbons (Fsp3) is 0.278. The largest absolute Gasteiger partial charge is 0.469 e. The number of nitrogens with zero attached hydrogens (tertiary/aromatic N) is 1.